The molecule has 0 unspecified atom stereocenters. The molecule has 1 aromatic heterocycles. The number of hydrogen-bond donors (Lipinski definition) is 3. The van der Waals surface area contributed by atoms with Crippen LogP contribution in [0.5, 0.6) is 5.75 Å². The van der Waals surface area contributed by atoms with Crippen molar-refractivity contribution in [2.45, 2.75) is 13.8 Å². The summed E-state index contributed by atoms with van der Waals surface area (Å²) in [6.45, 7) is 3.53. The number of rotatable bonds is 6. The Morgan fingerprint density at radius 1 is 1.15 bits per heavy atom. The summed E-state index contributed by atoms with van der Waals surface area (Å²) in [5.74, 6) is -0.451. The summed E-state index contributed by atoms with van der Waals surface area (Å²) in [5.41, 5.74) is 4.65. The Bertz CT molecular complexity index is 895. The summed E-state index contributed by atoms with van der Waals surface area (Å²) in [6.07, 6.45) is 1.37. The Labute approximate surface area is 162 Å². The maximum Gasteiger partial charge on any atom is 0.275 e. The number of hydrazone groups is 1. The van der Waals surface area contributed by atoms with Crippen LogP contribution in [0.2, 0.25) is 5.15 Å². The number of benzene rings is 1. The lowest BCUT2D eigenvalue weighted by atomic mass is 10.1. The molecule has 0 aliphatic rings. The number of hydrogen-bond acceptors (Lipinski definition) is 6. The minimum Gasteiger partial charge on any atom is -0.494 e. The summed E-state index contributed by atoms with van der Waals surface area (Å²) < 4.78 is 5.41. The van der Waals surface area contributed by atoms with Crippen LogP contribution in [0.3, 0.4) is 0 Å². The summed E-state index contributed by atoms with van der Waals surface area (Å²) in [6, 6.07) is 6.53. The third kappa shape index (κ3) is 4.95. The van der Waals surface area contributed by atoms with E-state index in [0.29, 0.717) is 28.4 Å². The Balaban J connectivity index is 2.45. The number of pyridine rings is 1. The normalized spacial score (nSPS) is 9.96. The molecule has 0 radical (unpaired) electrons. The molecular formula is C18H20ClN5O3. The molecule has 0 saturated carbocycles. The van der Waals surface area contributed by atoms with Crippen molar-refractivity contribution in [3.63, 3.8) is 0 Å². The quantitative estimate of drug-likeness (QED) is 0.400. The van der Waals surface area contributed by atoms with Crippen molar-refractivity contribution in [1.29, 1.82) is 0 Å². The topological polar surface area (TPSA) is 105 Å². The second-order valence-corrected chi connectivity index (χ2v) is 6.03. The Morgan fingerprint density at radius 3 is 2.52 bits per heavy atom. The number of ether oxygens (including phenoxy) is 1. The van der Waals surface area contributed by atoms with E-state index in [9.17, 15) is 9.59 Å². The SMILES string of the molecule is CNC(=O)c1cnc(Cl)cc1Nc1cccc(C(=O)NN=C(C)C)c1OC. The third-order valence-electron chi connectivity index (χ3n) is 3.46. The van der Waals surface area contributed by atoms with Gasteiger partial charge in [-0.05, 0) is 32.0 Å². The molecule has 9 heteroatoms. The molecule has 0 aliphatic heterocycles. The number of carbonyl (C=O) groups is 2. The van der Waals surface area contributed by atoms with Gasteiger partial charge >= 0.3 is 0 Å². The fourth-order valence-corrected chi connectivity index (χ4v) is 2.41. The molecule has 1 aromatic carbocycles. The number of methoxy groups -OCH3 is 1. The monoisotopic (exact) mass is 389 g/mol. The maximum absolute atomic E-state index is 12.4. The van der Waals surface area contributed by atoms with Crippen LogP contribution in [0, 0.1) is 0 Å². The summed E-state index contributed by atoms with van der Waals surface area (Å²) in [5, 5.41) is 9.75. The van der Waals surface area contributed by atoms with Crippen LogP contribution in [-0.4, -0.2) is 36.7 Å². The first-order chi connectivity index (χ1) is 12.9. The van der Waals surface area contributed by atoms with E-state index < -0.39 is 5.91 Å². The second-order valence-electron chi connectivity index (χ2n) is 5.64. The zero-order chi connectivity index (χ0) is 20.0. The largest absolute Gasteiger partial charge is 0.494 e. The summed E-state index contributed by atoms with van der Waals surface area (Å²) >= 11 is 5.96. The van der Waals surface area contributed by atoms with Gasteiger partial charge in [0.2, 0.25) is 0 Å². The first-order valence-electron chi connectivity index (χ1n) is 8.00. The number of anilines is 2. The van der Waals surface area contributed by atoms with Crippen molar-refractivity contribution >= 4 is 40.5 Å². The van der Waals surface area contributed by atoms with Gasteiger partial charge in [-0.15, -0.1) is 0 Å². The predicted octanol–water partition coefficient (Wildman–Crippen LogP) is 2.97. The Hall–Kier alpha value is -3.13. The molecule has 8 nitrogen and oxygen atoms in total. The molecule has 3 N–H and O–H groups in total. The molecule has 1 heterocycles. The van der Waals surface area contributed by atoms with Gasteiger partial charge in [-0.3, -0.25) is 9.59 Å². The second kappa shape index (κ2) is 9.00. The van der Waals surface area contributed by atoms with Crippen molar-refractivity contribution in [1.82, 2.24) is 15.7 Å². The lowest BCUT2D eigenvalue weighted by Gasteiger charge is -2.16. The Kier molecular flexibility index (Phi) is 6.73. The molecule has 2 rings (SSSR count). The zero-order valence-corrected chi connectivity index (χ0v) is 16.1. The molecule has 142 valence electrons. The molecule has 0 atom stereocenters. The fourth-order valence-electron chi connectivity index (χ4n) is 2.25. The van der Waals surface area contributed by atoms with Gasteiger partial charge in [-0.25, -0.2) is 10.4 Å². The van der Waals surface area contributed by atoms with Crippen molar-refractivity contribution in [3.05, 3.63) is 46.7 Å². The highest BCUT2D eigenvalue weighted by molar-refractivity contribution is 6.29. The van der Waals surface area contributed by atoms with E-state index in [2.05, 4.69) is 26.1 Å². The van der Waals surface area contributed by atoms with Crippen LogP contribution in [0.1, 0.15) is 34.6 Å². The van der Waals surface area contributed by atoms with E-state index >= 15 is 0 Å². The fraction of sp³-hybridized carbons (Fsp3) is 0.222. The van der Waals surface area contributed by atoms with Crippen molar-refractivity contribution in [2.24, 2.45) is 5.10 Å². The molecule has 0 saturated heterocycles. The van der Waals surface area contributed by atoms with Crippen LogP contribution in [-0.2, 0) is 0 Å². The molecule has 27 heavy (non-hydrogen) atoms. The summed E-state index contributed by atoms with van der Waals surface area (Å²) in [4.78, 5) is 28.4. The van der Waals surface area contributed by atoms with E-state index in [0.717, 1.165) is 0 Å². The number of amides is 2. The number of nitrogens with zero attached hydrogens (tertiary/aromatic N) is 2. The molecule has 0 fully saturated rings. The lowest BCUT2D eigenvalue weighted by molar-refractivity contribution is 0.0947. The number of aromatic nitrogens is 1. The minimum absolute atomic E-state index is 0.214. The zero-order valence-electron chi connectivity index (χ0n) is 15.4. The number of nitrogens with one attached hydrogen (secondary N) is 3. The highest BCUT2D eigenvalue weighted by Gasteiger charge is 2.18. The van der Waals surface area contributed by atoms with Crippen LogP contribution in [0.25, 0.3) is 0 Å². The lowest BCUT2D eigenvalue weighted by Crippen LogP contribution is -2.20. The van der Waals surface area contributed by atoms with E-state index in [1.165, 1.54) is 26.4 Å². The van der Waals surface area contributed by atoms with Crippen LogP contribution in [0.4, 0.5) is 11.4 Å². The van der Waals surface area contributed by atoms with Gasteiger partial charge in [0.15, 0.2) is 5.75 Å². The average molecular weight is 390 g/mol. The minimum atomic E-state index is -0.420. The van der Waals surface area contributed by atoms with Gasteiger partial charge in [0, 0.05) is 19.0 Å². The molecule has 2 aromatic rings. The first-order valence-corrected chi connectivity index (χ1v) is 8.38. The molecular weight excluding hydrogens is 370 g/mol. The Morgan fingerprint density at radius 2 is 1.89 bits per heavy atom. The average Bonchev–Trinajstić information content (AvgIpc) is 2.65. The number of carbonyl (C=O) groups excluding carboxylic acids is 2. The first kappa shape index (κ1) is 20.2. The van der Waals surface area contributed by atoms with Gasteiger partial charge < -0.3 is 15.4 Å². The van der Waals surface area contributed by atoms with E-state index in [1.807, 2.05) is 0 Å². The number of para-hydroxylation sites is 1. The van der Waals surface area contributed by atoms with Crippen LogP contribution in [0.15, 0.2) is 35.6 Å². The standard InChI is InChI=1S/C18H20ClN5O3/c1-10(2)23-24-18(26)11-6-5-7-13(16(11)27-4)22-14-8-15(19)21-9-12(14)17(25)20-3/h5-9H,1-4H3,(H,20,25)(H,21,22)(H,24,26). The maximum atomic E-state index is 12.4. The van der Waals surface area contributed by atoms with Gasteiger partial charge in [-0.1, -0.05) is 17.7 Å². The molecule has 0 aliphatic carbocycles. The van der Waals surface area contributed by atoms with E-state index in [1.54, 1.807) is 32.0 Å². The van der Waals surface area contributed by atoms with Crippen LogP contribution >= 0.6 is 11.6 Å². The van der Waals surface area contributed by atoms with Gasteiger partial charge in [-0.2, -0.15) is 5.10 Å². The third-order valence-corrected chi connectivity index (χ3v) is 3.66. The highest BCUT2D eigenvalue weighted by Crippen LogP contribution is 2.33. The molecule has 0 bridgehead atoms. The van der Waals surface area contributed by atoms with Crippen LogP contribution < -0.4 is 20.8 Å². The van der Waals surface area contributed by atoms with Crippen molar-refractivity contribution < 1.29 is 14.3 Å². The molecule has 0 spiro atoms. The summed E-state index contributed by atoms with van der Waals surface area (Å²) in [7, 11) is 2.97. The van der Waals surface area contributed by atoms with Gasteiger partial charge in [0.25, 0.3) is 11.8 Å². The van der Waals surface area contributed by atoms with Gasteiger partial charge in [0.1, 0.15) is 5.15 Å². The van der Waals surface area contributed by atoms with E-state index in [-0.39, 0.29) is 16.6 Å². The number of halogens is 1. The smallest absolute Gasteiger partial charge is 0.275 e. The van der Waals surface area contributed by atoms with Gasteiger partial charge in [0.05, 0.1) is 29.6 Å². The predicted molar refractivity (Wildman–Crippen MR) is 105 cm³/mol. The molecule has 2 amide bonds. The highest BCUT2D eigenvalue weighted by atomic mass is 35.5. The van der Waals surface area contributed by atoms with Crippen molar-refractivity contribution in [3.8, 4) is 5.75 Å². The van der Waals surface area contributed by atoms with Crippen molar-refractivity contribution in [2.75, 3.05) is 19.5 Å². The van der Waals surface area contributed by atoms with E-state index in [4.69, 9.17) is 16.3 Å².